The Morgan fingerprint density at radius 3 is 2.76 bits per heavy atom. The molecular formula is C14H25N5O2. The number of hydrogen-bond acceptors (Lipinski definition) is 4. The third-order valence-corrected chi connectivity index (χ3v) is 3.50. The van der Waals surface area contributed by atoms with Gasteiger partial charge in [0.2, 0.25) is 5.91 Å². The van der Waals surface area contributed by atoms with Crippen LogP contribution in [0.3, 0.4) is 0 Å². The van der Waals surface area contributed by atoms with Gasteiger partial charge in [-0.15, -0.1) is 0 Å². The maximum absolute atomic E-state index is 12.4. The molecule has 1 aromatic heterocycles. The van der Waals surface area contributed by atoms with E-state index >= 15 is 0 Å². The predicted octanol–water partition coefficient (Wildman–Crippen LogP) is -0.00558. The summed E-state index contributed by atoms with van der Waals surface area (Å²) in [5.41, 5.74) is 6.88. The number of carbonyl (C=O) groups is 2. The minimum atomic E-state index is -0.253. The summed E-state index contributed by atoms with van der Waals surface area (Å²) in [7, 11) is 3.28. The molecule has 0 aliphatic heterocycles. The van der Waals surface area contributed by atoms with Gasteiger partial charge in [0.15, 0.2) is 0 Å². The first-order valence-electron chi connectivity index (χ1n) is 7.11. The molecule has 1 heterocycles. The van der Waals surface area contributed by atoms with Crippen LogP contribution in [-0.2, 0) is 11.3 Å². The number of nitrogens with two attached hydrogens (primary N) is 1. The molecule has 0 saturated carbocycles. The van der Waals surface area contributed by atoms with Crippen molar-refractivity contribution in [2.75, 3.05) is 27.2 Å². The molecule has 21 heavy (non-hydrogen) atoms. The van der Waals surface area contributed by atoms with E-state index in [1.807, 2.05) is 6.92 Å². The van der Waals surface area contributed by atoms with Crippen molar-refractivity contribution in [1.29, 1.82) is 0 Å². The van der Waals surface area contributed by atoms with Crippen molar-refractivity contribution in [3.8, 4) is 0 Å². The largest absolute Gasteiger partial charge is 0.359 e. The fourth-order valence-electron chi connectivity index (χ4n) is 2.15. The topological polar surface area (TPSA) is 93.2 Å². The molecule has 118 valence electrons. The lowest BCUT2D eigenvalue weighted by Crippen LogP contribution is -2.37. The van der Waals surface area contributed by atoms with Crippen LogP contribution in [0.1, 0.15) is 29.4 Å². The minimum absolute atomic E-state index is 0.0787. The lowest BCUT2D eigenvalue weighted by molar-refractivity contribution is -0.124. The van der Waals surface area contributed by atoms with Gasteiger partial charge in [0.25, 0.3) is 5.91 Å². The lowest BCUT2D eigenvalue weighted by atomic mass is 10.1. The normalized spacial score (nSPS) is 12.0. The van der Waals surface area contributed by atoms with Gasteiger partial charge in [0.1, 0.15) is 0 Å². The van der Waals surface area contributed by atoms with Crippen LogP contribution in [0, 0.1) is 12.8 Å². The molecule has 0 aromatic carbocycles. The summed E-state index contributed by atoms with van der Waals surface area (Å²) in [4.78, 5) is 25.5. The van der Waals surface area contributed by atoms with Crippen LogP contribution in [0.15, 0.2) is 6.20 Å². The maximum Gasteiger partial charge on any atom is 0.257 e. The Morgan fingerprint density at radius 2 is 2.19 bits per heavy atom. The van der Waals surface area contributed by atoms with Gasteiger partial charge in [-0.1, -0.05) is 6.92 Å². The molecule has 7 heteroatoms. The van der Waals surface area contributed by atoms with E-state index in [1.54, 1.807) is 36.8 Å². The van der Waals surface area contributed by atoms with Crippen molar-refractivity contribution in [3.63, 3.8) is 0 Å². The van der Waals surface area contributed by atoms with Crippen molar-refractivity contribution in [3.05, 3.63) is 17.5 Å². The Morgan fingerprint density at radius 1 is 1.52 bits per heavy atom. The molecule has 0 spiro atoms. The van der Waals surface area contributed by atoms with Crippen LogP contribution in [-0.4, -0.2) is 53.7 Å². The third-order valence-electron chi connectivity index (χ3n) is 3.50. The van der Waals surface area contributed by atoms with Crippen molar-refractivity contribution in [2.45, 2.75) is 26.8 Å². The first-order chi connectivity index (χ1) is 9.92. The molecule has 1 aromatic rings. The smallest absolute Gasteiger partial charge is 0.257 e. The summed E-state index contributed by atoms with van der Waals surface area (Å²) in [6.07, 6.45) is 2.40. The zero-order valence-electron chi connectivity index (χ0n) is 13.2. The number of aryl methyl sites for hydroxylation is 1. The lowest BCUT2D eigenvalue weighted by Gasteiger charge is -2.20. The van der Waals surface area contributed by atoms with E-state index in [2.05, 4.69) is 10.4 Å². The average molecular weight is 295 g/mol. The highest BCUT2D eigenvalue weighted by Gasteiger charge is 2.21. The number of nitrogens with zero attached hydrogens (tertiary/aromatic N) is 3. The fraction of sp³-hybridized carbons (Fsp3) is 0.643. The molecular weight excluding hydrogens is 270 g/mol. The van der Waals surface area contributed by atoms with E-state index in [-0.39, 0.29) is 17.7 Å². The first-order valence-corrected chi connectivity index (χ1v) is 7.11. The zero-order chi connectivity index (χ0) is 16.0. The molecule has 0 aliphatic rings. The van der Waals surface area contributed by atoms with Gasteiger partial charge in [-0.3, -0.25) is 14.3 Å². The van der Waals surface area contributed by atoms with Crippen LogP contribution in [0.25, 0.3) is 0 Å². The minimum Gasteiger partial charge on any atom is -0.359 e. The van der Waals surface area contributed by atoms with Crippen molar-refractivity contribution < 1.29 is 9.59 Å². The highest BCUT2D eigenvalue weighted by Crippen LogP contribution is 2.11. The molecule has 1 rings (SSSR count). The van der Waals surface area contributed by atoms with E-state index in [1.165, 1.54) is 0 Å². The van der Waals surface area contributed by atoms with E-state index in [9.17, 15) is 9.59 Å². The van der Waals surface area contributed by atoms with Crippen LogP contribution in [0.4, 0.5) is 0 Å². The molecule has 0 bridgehead atoms. The van der Waals surface area contributed by atoms with E-state index in [4.69, 9.17) is 5.73 Å². The Kier molecular flexibility index (Phi) is 6.36. The molecule has 1 unspecified atom stereocenters. The third kappa shape index (κ3) is 4.29. The van der Waals surface area contributed by atoms with Gasteiger partial charge in [0, 0.05) is 32.9 Å². The Balaban J connectivity index is 2.74. The molecule has 0 aliphatic carbocycles. The summed E-state index contributed by atoms with van der Waals surface area (Å²) in [5, 5.41) is 6.80. The van der Waals surface area contributed by atoms with Crippen LogP contribution in [0.5, 0.6) is 0 Å². The number of aromatic nitrogens is 2. The first kappa shape index (κ1) is 17.2. The summed E-state index contributed by atoms with van der Waals surface area (Å²) in [6.45, 7) is 5.32. The van der Waals surface area contributed by atoms with Gasteiger partial charge < -0.3 is 16.0 Å². The summed E-state index contributed by atoms with van der Waals surface area (Å²) in [6, 6.07) is 0. The van der Waals surface area contributed by atoms with Crippen LogP contribution >= 0.6 is 0 Å². The van der Waals surface area contributed by atoms with E-state index in [0.717, 1.165) is 12.1 Å². The van der Waals surface area contributed by atoms with Crippen LogP contribution < -0.4 is 11.1 Å². The molecule has 0 saturated heterocycles. The highest BCUT2D eigenvalue weighted by atomic mass is 16.2. The van der Waals surface area contributed by atoms with Gasteiger partial charge in [-0.25, -0.2) is 0 Å². The Bertz CT molecular complexity index is 498. The van der Waals surface area contributed by atoms with E-state index in [0.29, 0.717) is 25.2 Å². The second kappa shape index (κ2) is 7.78. The molecule has 2 amide bonds. The summed E-state index contributed by atoms with van der Waals surface area (Å²) in [5.74, 6) is -0.455. The summed E-state index contributed by atoms with van der Waals surface area (Å²) < 4.78 is 1.79. The summed E-state index contributed by atoms with van der Waals surface area (Å²) >= 11 is 0. The predicted molar refractivity (Wildman–Crippen MR) is 80.8 cm³/mol. The molecule has 0 radical (unpaired) electrons. The second-order valence-corrected chi connectivity index (χ2v) is 5.21. The number of amides is 2. The van der Waals surface area contributed by atoms with Gasteiger partial charge in [-0.2, -0.15) is 5.10 Å². The molecule has 7 nitrogen and oxygen atoms in total. The molecule has 1 atom stereocenters. The maximum atomic E-state index is 12.4. The Labute approximate surface area is 125 Å². The zero-order valence-corrected chi connectivity index (χ0v) is 13.2. The molecule has 3 N–H and O–H groups in total. The highest BCUT2D eigenvalue weighted by molar-refractivity contribution is 5.95. The van der Waals surface area contributed by atoms with Gasteiger partial charge in [0.05, 0.1) is 17.7 Å². The van der Waals surface area contributed by atoms with Gasteiger partial charge >= 0.3 is 0 Å². The van der Waals surface area contributed by atoms with E-state index < -0.39 is 0 Å². The average Bonchev–Trinajstić information content (AvgIpc) is 2.84. The quantitative estimate of drug-likeness (QED) is 0.740. The Hall–Kier alpha value is -1.89. The standard InChI is InChI=1S/C14H25N5O2/c1-10(13(20)16-3)9-18(4)14(21)12-8-17-19(11(12)2)7-5-6-15/h8,10H,5-7,9,15H2,1-4H3,(H,16,20). The SMILES string of the molecule is CNC(=O)C(C)CN(C)C(=O)c1cnn(CCCN)c1C. The number of carbonyl (C=O) groups excluding carboxylic acids is 2. The van der Waals surface area contributed by atoms with Crippen molar-refractivity contribution in [1.82, 2.24) is 20.0 Å². The second-order valence-electron chi connectivity index (χ2n) is 5.21. The van der Waals surface area contributed by atoms with Gasteiger partial charge in [-0.05, 0) is 19.9 Å². The van der Waals surface area contributed by atoms with Crippen molar-refractivity contribution in [2.24, 2.45) is 11.7 Å². The van der Waals surface area contributed by atoms with Crippen molar-refractivity contribution >= 4 is 11.8 Å². The van der Waals surface area contributed by atoms with Crippen LogP contribution in [0.2, 0.25) is 0 Å². The number of rotatable bonds is 7. The molecule has 0 fully saturated rings. The number of hydrogen-bond donors (Lipinski definition) is 2. The number of nitrogens with one attached hydrogen (secondary N) is 1. The monoisotopic (exact) mass is 295 g/mol. The fourth-order valence-corrected chi connectivity index (χ4v) is 2.15.